The van der Waals surface area contributed by atoms with E-state index in [4.69, 9.17) is 23.2 Å². The molecule has 0 atom stereocenters. The molecule has 4 rings (SSSR count). The molecule has 0 radical (unpaired) electrons. The number of benzene rings is 3. The smallest absolute Gasteiger partial charge is 0.304 e. The first kappa shape index (κ1) is 19.2. The van der Waals surface area contributed by atoms with Crippen LogP contribution in [-0.2, 0) is 6.42 Å². The molecule has 4 aromatic rings. The molecule has 1 N–H and O–H groups in total. The molecule has 29 heavy (non-hydrogen) atoms. The number of halogens is 2. The molecular weight excluding hydrogens is 407 g/mol. The molecule has 1 heterocycles. The van der Waals surface area contributed by atoms with Gasteiger partial charge in [-0.3, -0.25) is 4.79 Å². The summed E-state index contributed by atoms with van der Waals surface area (Å²) in [4.78, 5) is 16.8. The van der Waals surface area contributed by atoms with Gasteiger partial charge in [0.15, 0.2) is 0 Å². The zero-order chi connectivity index (χ0) is 20.4. The van der Waals surface area contributed by atoms with Crippen molar-refractivity contribution in [2.75, 3.05) is 0 Å². The van der Waals surface area contributed by atoms with E-state index in [2.05, 4.69) is 4.98 Å². The molecule has 4 nitrogen and oxygen atoms in total. The molecule has 0 aliphatic rings. The summed E-state index contributed by atoms with van der Waals surface area (Å²) in [6.45, 7) is 0. The Bertz CT molecular complexity index is 1220. The molecule has 6 heteroatoms. The van der Waals surface area contributed by atoms with E-state index in [9.17, 15) is 10.0 Å². The molecule has 0 amide bonds. The molecule has 0 aliphatic heterocycles. The van der Waals surface area contributed by atoms with Crippen LogP contribution < -0.4 is 5.56 Å². The van der Waals surface area contributed by atoms with Gasteiger partial charge < -0.3 is 5.21 Å². The van der Waals surface area contributed by atoms with Crippen molar-refractivity contribution >= 4 is 23.2 Å². The van der Waals surface area contributed by atoms with Crippen LogP contribution in [0.15, 0.2) is 83.8 Å². The van der Waals surface area contributed by atoms with Crippen LogP contribution in [0, 0.1) is 0 Å². The molecule has 0 aliphatic carbocycles. The van der Waals surface area contributed by atoms with Crippen LogP contribution in [-0.4, -0.2) is 14.9 Å². The van der Waals surface area contributed by atoms with Crippen molar-refractivity contribution in [3.8, 4) is 22.4 Å². The highest BCUT2D eigenvalue weighted by Crippen LogP contribution is 2.27. The summed E-state index contributed by atoms with van der Waals surface area (Å²) < 4.78 is 0.554. The minimum Gasteiger partial charge on any atom is -0.425 e. The van der Waals surface area contributed by atoms with E-state index in [-0.39, 0.29) is 5.69 Å². The molecule has 3 aromatic carbocycles. The Balaban J connectivity index is 1.65. The zero-order valence-corrected chi connectivity index (χ0v) is 16.7. The number of aromatic nitrogens is 2. The fraction of sp³-hybridized carbons (Fsp3) is 0.0435. The second-order valence-electron chi connectivity index (χ2n) is 6.59. The zero-order valence-electron chi connectivity index (χ0n) is 15.2. The fourth-order valence-corrected chi connectivity index (χ4v) is 3.38. The van der Waals surface area contributed by atoms with E-state index in [1.54, 1.807) is 18.2 Å². The predicted molar refractivity (Wildman–Crippen MR) is 116 cm³/mol. The van der Waals surface area contributed by atoms with Gasteiger partial charge in [0.05, 0.1) is 21.9 Å². The summed E-state index contributed by atoms with van der Waals surface area (Å²) in [5.74, 6) is 0. The molecule has 0 saturated heterocycles. The van der Waals surface area contributed by atoms with Crippen molar-refractivity contribution in [1.82, 2.24) is 9.71 Å². The Kier molecular flexibility index (Phi) is 5.38. The molecule has 1 aromatic heterocycles. The number of hydrogen-bond donors (Lipinski definition) is 1. The third-order valence-electron chi connectivity index (χ3n) is 4.60. The van der Waals surface area contributed by atoms with Crippen molar-refractivity contribution in [3.05, 3.63) is 111 Å². The average molecular weight is 423 g/mol. The maximum atomic E-state index is 12.4. The summed E-state index contributed by atoms with van der Waals surface area (Å²) in [7, 11) is 0. The summed E-state index contributed by atoms with van der Waals surface area (Å²) in [6, 6.07) is 23.0. The van der Waals surface area contributed by atoms with Gasteiger partial charge in [0, 0.05) is 12.0 Å². The molecular formula is C23H16Cl2N2O2. The van der Waals surface area contributed by atoms with E-state index in [0.29, 0.717) is 32.5 Å². The van der Waals surface area contributed by atoms with Crippen LogP contribution in [0.1, 0.15) is 11.3 Å². The van der Waals surface area contributed by atoms with Crippen LogP contribution in [0.3, 0.4) is 0 Å². The minimum atomic E-state index is -0.555. The number of nitrogens with zero attached hydrogens (tertiary/aromatic N) is 2. The first-order valence-corrected chi connectivity index (χ1v) is 9.68. The van der Waals surface area contributed by atoms with Crippen molar-refractivity contribution in [2.45, 2.75) is 6.42 Å². The lowest BCUT2D eigenvalue weighted by Gasteiger charge is -2.09. The van der Waals surface area contributed by atoms with Crippen molar-refractivity contribution in [1.29, 1.82) is 0 Å². The van der Waals surface area contributed by atoms with Gasteiger partial charge >= 0.3 is 5.56 Å². The summed E-state index contributed by atoms with van der Waals surface area (Å²) >= 11 is 12.0. The van der Waals surface area contributed by atoms with Gasteiger partial charge in [-0.15, -0.1) is 0 Å². The van der Waals surface area contributed by atoms with Crippen LogP contribution in [0.25, 0.3) is 22.4 Å². The highest BCUT2D eigenvalue weighted by molar-refractivity contribution is 6.42. The van der Waals surface area contributed by atoms with Crippen molar-refractivity contribution in [3.63, 3.8) is 0 Å². The lowest BCUT2D eigenvalue weighted by Crippen LogP contribution is -2.24. The molecule has 0 fully saturated rings. The maximum absolute atomic E-state index is 12.4. The van der Waals surface area contributed by atoms with Gasteiger partial charge in [-0.1, -0.05) is 83.9 Å². The SMILES string of the molecule is O=c1c(Cc2ccc(-c3ccccc3)cc2)nc(-c2ccc(Cl)c(Cl)c2)cn1O. The molecule has 0 saturated carbocycles. The van der Waals surface area contributed by atoms with Gasteiger partial charge in [-0.2, -0.15) is 4.73 Å². The minimum absolute atomic E-state index is 0.239. The monoisotopic (exact) mass is 422 g/mol. The van der Waals surface area contributed by atoms with Crippen LogP contribution in [0.2, 0.25) is 10.0 Å². The van der Waals surface area contributed by atoms with Gasteiger partial charge in [-0.25, -0.2) is 4.98 Å². The van der Waals surface area contributed by atoms with Crippen LogP contribution >= 0.6 is 23.2 Å². The number of rotatable bonds is 4. The predicted octanol–water partition coefficient (Wildman–Crippen LogP) is 5.71. The first-order chi connectivity index (χ1) is 14.0. The normalized spacial score (nSPS) is 10.8. The van der Waals surface area contributed by atoms with E-state index in [0.717, 1.165) is 16.7 Å². The van der Waals surface area contributed by atoms with Gasteiger partial charge in [0.1, 0.15) is 5.69 Å². The molecule has 0 spiro atoms. The molecule has 0 unspecified atom stereocenters. The molecule has 0 bridgehead atoms. The lowest BCUT2D eigenvalue weighted by atomic mass is 10.0. The highest BCUT2D eigenvalue weighted by atomic mass is 35.5. The van der Waals surface area contributed by atoms with Crippen LogP contribution in [0.4, 0.5) is 0 Å². The Hall–Kier alpha value is -3.08. The first-order valence-electron chi connectivity index (χ1n) is 8.93. The molecule has 144 valence electrons. The quantitative estimate of drug-likeness (QED) is 0.428. The standard InChI is InChI=1S/C23H16Cl2N2O2/c24-19-11-10-18(13-20(19)25)22-14-27(29)23(28)21(26-22)12-15-6-8-17(9-7-15)16-4-2-1-3-5-16/h1-11,13-14,29H,12H2. The third-order valence-corrected chi connectivity index (χ3v) is 5.34. The number of hydrogen-bond acceptors (Lipinski definition) is 3. The average Bonchev–Trinajstić information content (AvgIpc) is 2.74. The fourth-order valence-electron chi connectivity index (χ4n) is 3.08. The van der Waals surface area contributed by atoms with Gasteiger partial charge in [-0.05, 0) is 28.8 Å². The Labute approximate surface area is 177 Å². The van der Waals surface area contributed by atoms with Gasteiger partial charge in [0.2, 0.25) is 0 Å². The maximum Gasteiger partial charge on any atom is 0.304 e. The van der Waals surface area contributed by atoms with Gasteiger partial charge in [0.25, 0.3) is 0 Å². The Morgan fingerprint density at radius 3 is 2.17 bits per heavy atom. The van der Waals surface area contributed by atoms with E-state index in [1.165, 1.54) is 6.20 Å². The summed E-state index contributed by atoms with van der Waals surface area (Å²) in [6.07, 6.45) is 1.56. The van der Waals surface area contributed by atoms with E-state index in [1.807, 2.05) is 54.6 Å². The third kappa shape index (κ3) is 4.19. The second kappa shape index (κ2) is 8.11. The Morgan fingerprint density at radius 1 is 0.828 bits per heavy atom. The summed E-state index contributed by atoms with van der Waals surface area (Å²) in [5, 5.41) is 10.8. The van der Waals surface area contributed by atoms with E-state index < -0.39 is 5.56 Å². The topological polar surface area (TPSA) is 55.1 Å². The second-order valence-corrected chi connectivity index (χ2v) is 7.41. The van der Waals surface area contributed by atoms with E-state index >= 15 is 0 Å². The largest absolute Gasteiger partial charge is 0.425 e. The highest BCUT2D eigenvalue weighted by Gasteiger charge is 2.12. The van der Waals surface area contributed by atoms with Crippen molar-refractivity contribution < 1.29 is 5.21 Å². The van der Waals surface area contributed by atoms with Crippen molar-refractivity contribution in [2.24, 2.45) is 0 Å². The Morgan fingerprint density at radius 2 is 1.48 bits per heavy atom. The van der Waals surface area contributed by atoms with Crippen LogP contribution in [0.5, 0.6) is 0 Å². The lowest BCUT2D eigenvalue weighted by molar-refractivity contribution is 0.173. The summed E-state index contributed by atoms with van der Waals surface area (Å²) in [5.41, 5.74) is 3.90.